The van der Waals surface area contributed by atoms with Gasteiger partial charge in [0.15, 0.2) is 6.61 Å². The van der Waals surface area contributed by atoms with Crippen molar-refractivity contribution in [3.8, 4) is 16.9 Å². The maximum Gasteiger partial charge on any atom is 0.345 e. The number of hydrogen-bond acceptors (Lipinski definition) is 5. The molecule has 3 aromatic rings. The lowest BCUT2D eigenvalue weighted by Gasteiger charge is -2.07. The number of benzene rings is 2. The van der Waals surface area contributed by atoms with Crippen molar-refractivity contribution >= 4 is 28.9 Å². The van der Waals surface area contributed by atoms with Gasteiger partial charge in [-0.05, 0) is 42.3 Å². The van der Waals surface area contributed by atoms with Crippen LogP contribution >= 0.6 is 11.3 Å². The molecule has 2 N–H and O–H groups in total. The Morgan fingerprint density at radius 2 is 1.61 bits per heavy atom. The van der Waals surface area contributed by atoms with Gasteiger partial charge in [0.25, 0.3) is 5.91 Å². The molecule has 2 aromatic carbocycles. The van der Waals surface area contributed by atoms with Crippen LogP contribution < -0.4 is 10.2 Å². The average molecular weight is 394 g/mol. The van der Waals surface area contributed by atoms with Crippen molar-refractivity contribution in [1.29, 1.82) is 0 Å². The average Bonchev–Trinajstić information content (AvgIpc) is 3.22. The van der Waals surface area contributed by atoms with Gasteiger partial charge in [-0.1, -0.05) is 42.5 Å². The molecule has 1 heterocycles. The monoisotopic (exact) mass is 394 g/mol. The number of aromatic carboxylic acids is 1. The standard InChI is InChI=1S/C21H18N2O4S/c1-14(18-11-12-19(28-18)21(25)26)22-23-20(24)13-27-17-9-7-16(8-10-17)15-5-3-2-4-6-15/h2-12H,13H2,1H3,(H,23,24)(H,25,26)/b22-14-. The molecule has 6 nitrogen and oxygen atoms in total. The van der Waals surface area contributed by atoms with Crippen molar-refractivity contribution < 1.29 is 19.4 Å². The van der Waals surface area contributed by atoms with Gasteiger partial charge in [0.2, 0.25) is 0 Å². The van der Waals surface area contributed by atoms with Crippen LogP contribution in [0.3, 0.4) is 0 Å². The van der Waals surface area contributed by atoms with Gasteiger partial charge in [-0.15, -0.1) is 11.3 Å². The number of hydrogen-bond donors (Lipinski definition) is 2. The summed E-state index contributed by atoms with van der Waals surface area (Å²) in [5.74, 6) is -0.804. The van der Waals surface area contributed by atoms with Crippen LogP contribution in [0.1, 0.15) is 21.5 Å². The van der Waals surface area contributed by atoms with Crippen molar-refractivity contribution in [1.82, 2.24) is 5.43 Å². The van der Waals surface area contributed by atoms with Crippen LogP contribution in [0.15, 0.2) is 71.8 Å². The van der Waals surface area contributed by atoms with E-state index in [0.717, 1.165) is 22.5 Å². The lowest BCUT2D eigenvalue weighted by Crippen LogP contribution is -2.25. The van der Waals surface area contributed by atoms with Gasteiger partial charge >= 0.3 is 5.97 Å². The third kappa shape index (κ3) is 5.05. The highest BCUT2D eigenvalue weighted by atomic mass is 32.1. The summed E-state index contributed by atoms with van der Waals surface area (Å²) in [5, 5.41) is 12.9. The normalized spacial score (nSPS) is 11.1. The molecule has 0 aliphatic carbocycles. The number of carbonyl (C=O) groups excluding carboxylic acids is 1. The Morgan fingerprint density at radius 3 is 2.25 bits per heavy atom. The van der Waals surface area contributed by atoms with E-state index in [9.17, 15) is 9.59 Å². The van der Waals surface area contributed by atoms with E-state index < -0.39 is 11.9 Å². The van der Waals surface area contributed by atoms with Crippen LogP contribution in [0.4, 0.5) is 0 Å². The lowest BCUT2D eigenvalue weighted by molar-refractivity contribution is -0.123. The van der Waals surface area contributed by atoms with Gasteiger partial charge in [-0.3, -0.25) is 4.79 Å². The van der Waals surface area contributed by atoms with E-state index >= 15 is 0 Å². The molecule has 0 aliphatic heterocycles. The number of ether oxygens (including phenoxy) is 1. The van der Waals surface area contributed by atoms with Gasteiger partial charge in [0.1, 0.15) is 10.6 Å². The quantitative estimate of drug-likeness (QED) is 0.468. The molecule has 0 fully saturated rings. The predicted octanol–water partition coefficient (Wildman–Crippen LogP) is 4.03. The van der Waals surface area contributed by atoms with Gasteiger partial charge < -0.3 is 9.84 Å². The third-order valence-electron chi connectivity index (χ3n) is 3.85. The van der Waals surface area contributed by atoms with Crippen molar-refractivity contribution in [2.75, 3.05) is 6.61 Å². The molecule has 28 heavy (non-hydrogen) atoms. The first kappa shape index (κ1) is 19.3. The molecule has 0 spiro atoms. The van der Waals surface area contributed by atoms with Gasteiger partial charge in [0, 0.05) is 0 Å². The fraction of sp³-hybridized carbons (Fsp3) is 0.0952. The number of carbonyl (C=O) groups is 2. The Labute approximate surface area is 166 Å². The Bertz CT molecular complexity index is 995. The fourth-order valence-electron chi connectivity index (χ4n) is 2.40. The van der Waals surface area contributed by atoms with E-state index in [2.05, 4.69) is 10.5 Å². The van der Waals surface area contributed by atoms with Crippen LogP contribution in [-0.4, -0.2) is 29.3 Å². The summed E-state index contributed by atoms with van der Waals surface area (Å²) in [6.45, 7) is 1.52. The van der Waals surface area contributed by atoms with Gasteiger partial charge in [-0.2, -0.15) is 5.10 Å². The molecule has 1 aromatic heterocycles. The van der Waals surface area contributed by atoms with Crippen molar-refractivity contribution in [3.05, 3.63) is 76.5 Å². The van der Waals surface area contributed by atoms with Crippen LogP contribution in [0.25, 0.3) is 11.1 Å². The van der Waals surface area contributed by atoms with Crippen molar-refractivity contribution in [2.24, 2.45) is 5.10 Å². The molecule has 7 heteroatoms. The number of amides is 1. The predicted molar refractivity (Wildman–Crippen MR) is 109 cm³/mol. The molecule has 0 unspecified atom stereocenters. The number of nitrogens with one attached hydrogen (secondary N) is 1. The molecule has 0 saturated heterocycles. The topological polar surface area (TPSA) is 88.0 Å². The number of thiophene rings is 1. The number of nitrogens with zero attached hydrogens (tertiary/aromatic N) is 1. The molecular formula is C21H18N2O4S. The molecule has 0 aliphatic rings. The van der Waals surface area contributed by atoms with Gasteiger partial charge in [0.05, 0.1) is 10.6 Å². The van der Waals surface area contributed by atoms with Crippen LogP contribution in [0, 0.1) is 0 Å². The first-order chi connectivity index (χ1) is 13.5. The van der Waals surface area contributed by atoms with Crippen LogP contribution in [0.5, 0.6) is 5.75 Å². The van der Waals surface area contributed by atoms with E-state index in [0.29, 0.717) is 16.3 Å². The minimum absolute atomic E-state index is 0.174. The Kier molecular flexibility index (Phi) is 6.18. The summed E-state index contributed by atoms with van der Waals surface area (Å²) >= 11 is 1.10. The highest BCUT2D eigenvalue weighted by molar-refractivity contribution is 7.15. The molecule has 0 atom stereocenters. The second-order valence-corrected chi connectivity index (χ2v) is 6.96. The van der Waals surface area contributed by atoms with E-state index in [4.69, 9.17) is 9.84 Å². The largest absolute Gasteiger partial charge is 0.484 e. The zero-order chi connectivity index (χ0) is 19.9. The molecule has 3 rings (SSSR count). The maximum absolute atomic E-state index is 11.9. The first-order valence-electron chi connectivity index (χ1n) is 8.48. The van der Waals surface area contributed by atoms with E-state index in [1.807, 2.05) is 54.6 Å². The third-order valence-corrected chi connectivity index (χ3v) is 5.04. The smallest absolute Gasteiger partial charge is 0.345 e. The number of carboxylic acid groups (broad SMARTS) is 1. The summed E-state index contributed by atoms with van der Waals surface area (Å²) in [6.07, 6.45) is 0. The Morgan fingerprint density at radius 1 is 0.964 bits per heavy atom. The SMILES string of the molecule is C/C(=N/NC(=O)COc1ccc(-c2ccccc2)cc1)c1ccc(C(=O)O)s1. The van der Waals surface area contributed by atoms with E-state index in [1.54, 1.807) is 13.0 Å². The molecule has 0 bridgehead atoms. The maximum atomic E-state index is 11.9. The number of carboxylic acids is 1. The summed E-state index contributed by atoms with van der Waals surface area (Å²) < 4.78 is 5.48. The van der Waals surface area contributed by atoms with Crippen LogP contribution in [0.2, 0.25) is 0 Å². The van der Waals surface area contributed by atoms with Crippen molar-refractivity contribution in [3.63, 3.8) is 0 Å². The lowest BCUT2D eigenvalue weighted by atomic mass is 10.1. The minimum atomic E-state index is -0.986. The Balaban J connectivity index is 1.51. The van der Waals surface area contributed by atoms with E-state index in [1.165, 1.54) is 6.07 Å². The van der Waals surface area contributed by atoms with Crippen molar-refractivity contribution in [2.45, 2.75) is 6.92 Å². The summed E-state index contributed by atoms with van der Waals surface area (Å²) in [7, 11) is 0. The molecular weight excluding hydrogens is 376 g/mol. The number of hydrazone groups is 1. The zero-order valence-corrected chi connectivity index (χ0v) is 15.9. The first-order valence-corrected chi connectivity index (χ1v) is 9.29. The van der Waals surface area contributed by atoms with Crippen LogP contribution in [-0.2, 0) is 4.79 Å². The number of rotatable bonds is 7. The summed E-state index contributed by atoms with van der Waals surface area (Å²) in [6, 6.07) is 20.6. The zero-order valence-electron chi connectivity index (χ0n) is 15.1. The fourth-order valence-corrected chi connectivity index (χ4v) is 3.19. The Hall–Kier alpha value is -3.45. The summed E-state index contributed by atoms with van der Waals surface area (Å²) in [5.41, 5.74) is 5.11. The second kappa shape index (κ2) is 8.96. The van der Waals surface area contributed by atoms with Gasteiger partial charge in [-0.25, -0.2) is 10.2 Å². The minimum Gasteiger partial charge on any atom is -0.484 e. The second-order valence-electron chi connectivity index (χ2n) is 5.88. The highest BCUT2D eigenvalue weighted by Crippen LogP contribution is 2.22. The summed E-state index contributed by atoms with van der Waals surface area (Å²) in [4.78, 5) is 23.7. The molecule has 1 amide bonds. The molecule has 0 radical (unpaired) electrons. The molecule has 0 saturated carbocycles. The van der Waals surface area contributed by atoms with E-state index in [-0.39, 0.29) is 11.5 Å². The molecule has 142 valence electrons. The highest BCUT2D eigenvalue weighted by Gasteiger charge is 2.09.